The van der Waals surface area contributed by atoms with E-state index in [4.69, 9.17) is 4.74 Å². The average Bonchev–Trinajstić information content (AvgIpc) is 2.89. The van der Waals surface area contributed by atoms with Crippen LogP contribution in [0.25, 0.3) is 0 Å². The van der Waals surface area contributed by atoms with Gasteiger partial charge in [0.05, 0.1) is 6.61 Å². The quantitative estimate of drug-likeness (QED) is 0.167. The zero-order valence-corrected chi connectivity index (χ0v) is 24.4. The number of benzene rings is 2. The molecule has 3 atom stereocenters. The minimum atomic E-state index is -5.56. The van der Waals surface area contributed by atoms with Crippen molar-refractivity contribution in [3.63, 3.8) is 0 Å². The van der Waals surface area contributed by atoms with Gasteiger partial charge in [-0.2, -0.15) is 22.0 Å². The van der Waals surface area contributed by atoms with Crippen LogP contribution < -0.4 is 4.74 Å². The van der Waals surface area contributed by atoms with Crippen molar-refractivity contribution in [1.82, 2.24) is 4.90 Å². The predicted octanol–water partition coefficient (Wildman–Crippen LogP) is 7.14. The fourth-order valence-corrected chi connectivity index (χ4v) is 6.60. The number of rotatable bonds is 15. The van der Waals surface area contributed by atoms with Gasteiger partial charge in [-0.25, -0.2) is 0 Å². The van der Waals surface area contributed by atoms with E-state index in [2.05, 4.69) is 11.8 Å². The topological polar surface area (TPSA) is 70.0 Å². The summed E-state index contributed by atoms with van der Waals surface area (Å²) in [6.07, 6.45) is -3.22. The van der Waals surface area contributed by atoms with Crippen molar-refractivity contribution in [1.29, 1.82) is 0 Å². The Morgan fingerprint density at radius 1 is 0.927 bits per heavy atom. The van der Waals surface area contributed by atoms with Crippen LogP contribution in [-0.4, -0.2) is 69.7 Å². The number of ether oxygens (including phenoxy) is 1. The van der Waals surface area contributed by atoms with Gasteiger partial charge >= 0.3 is 12.1 Å². The standard InChI is InChI=1S/C30H40F5NO4S/c1-28(22-9-11-23(37)12-10-22)21-40-27-20-24(38)13-14-25(27)26(28)8-6-17-36(2)16-4-3-5-18-41(39)19-7-15-29(31,32)30(33,34)35/h9-14,20,26,37-38H,3-8,15-19,21H2,1-2H3. The van der Waals surface area contributed by atoms with Crippen LogP contribution in [0.15, 0.2) is 42.5 Å². The monoisotopic (exact) mass is 605 g/mol. The number of phenols is 2. The second kappa shape index (κ2) is 14.2. The Hall–Kier alpha value is -2.40. The van der Waals surface area contributed by atoms with Crippen LogP contribution in [0.2, 0.25) is 0 Å². The summed E-state index contributed by atoms with van der Waals surface area (Å²) in [5.41, 5.74) is 1.79. The van der Waals surface area contributed by atoms with E-state index in [1.165, 1.54) is 0 Å². The fourth-order valence-electron chi connectivity index (χ4n) is 5.41. The molecule has 1 heterocycles. The van der Waals surface area contributed by atoms with Gasteiger partial charge in [0, 0.05) is 46.1 Å². The van der Waals surface area contributed by atoms with Crippen molar-refractivity contribution < 1.29 is 41.1 Å². The summed E-state index contributed by atoms with van der Waals surface area (Å²) in [7, 11) is 0.634. The van der Waals surface area contributed by atoms with E-state index < -0.39 is 35.7 Å². The molecular weight excluding hydrogens is 565 g/mol. The number of hydrogen-bond donors (Lipinski definition) is 2. The van der Waals surface area contributed by atoms with Gasteiger partial charge in [0.15, 0.2) is 0 Å². The van der Waals surface area contributed by atoms with Gasteiger partial charge in [-0.05, 0) is 81.6 Å². The van der Waals surface area contributed by atoms with Crippen molar-refractivity contribution in [3.05, 3.63) is 53.6 Å². The summed E-state index contributed by atoms with van der Waals surface area (Å²) in [5, 5.41) is 19.7. The van der Waals surface area contributed by atoms with E-state index in [9.17, 15) is 36.4 Å². The molecule has 230 valence electrons. The number of hydrogen-bond acceptors (Lipinski definition) is 5. The van der Waals surface area contributed by atoms with Crippen molar-refractivity contribution in [2.75, 3.05) is 38.2 Å². The number of phenolic OH excluding ortho intramolecular Hbond substituents is 2. The molecule has 41 heavy (non-hydrogen) atoms. The normalized spacial score (nSPS) is 20.0. The van der Waals surface area contributed by atoms with E-state index in [1.807, 2.05) is 25.2 Å². The maximum atomic E-state index is 13.0. The highest BCUT2D eigenvalue weighted by atomic mass is 32.2. The summed E-state index contributed by atoms with van der Waals surface area (Å²) >= 11 is 0. The lowest BCUT2D eigenvalue weighted by atomic mass is 9.66. The molecule has 3 rings (SSSR count). The highest BCUT2D eigenvalue weighted by Gasteiger charge is 2.56. The Labute approximate surface area is 241 Å². The Kier molecular flexibility index (Phi) is 11.4. The Bertz CT molecular complexity index is 1140. The molecule has 0 spiro atoms. The first kappa shape index (κ1) is 33.1. The van der Waals surface area contributed by atoms with E-state index >= 15 is 0 Å². The van der Waals surface area contributed by atoms with Crippen LogP contribution in [0.4, 0.5) is 22.0 Å². The van der Waals surface area contributed by atoms with Gasteiger partial charge < -0.3 is 19.8 Å². The average molecular weight is 606 g/mol. The first-order chi connectivity index (χ1) is 19.2. The van der Waals surface area contributed by atoms with Crippen molar-refractivity contribution >= 4 is 10.8 Å². The molecule has 11 heteroatoms. The molecule has 0 aliphatic carbocycles. The maximum absolute atomic E-state index is 13.0. The molecule has 2 aromatic carbocycles. The summed E-state index contributed by atoms with van der Waals surface area (Å²) in [6.45, 7) is 4.30. The van der Waals surface area contributed by atoms with Crippen molar-refractivity contribution in [3.8, 4) is 17.2 Å². The number of fused-ring (bicyclic) bond motifs is 1. The minimum absolute atomic E-state index is 0.135. The minimum Gasteiger partial charge on any atom is -0.508 e. The van der Waals surface area contributed by atoms with Crippen LogP contribution in [0.5, 0.6) is 17.2 Å². The number of halogens is 5. The van der Waals surface area contributed by atoms with Gasteiger partial charge in [-0.15, -0.1) is 0 Å². The first-order valence-corrected chi connectivity index (χ1v) is 15.4. The number of nitrogens with zero attached hydrogens (tertiary/aromatic N) is 1. The van der Waals surface area contributed by atoms with Gasteiger partial charge in [-0.1, -0.05) is 31.5 Å². The largest absolute Gasteiger partial charge is 0.508 e. The van der Waals surface area contributed by atoms with Gasteiger partial charge in [0.2, 0.25) is 0 Å². The lowest BCUT2D eigenvalue weighted by molar-refractivity contribution is -0.284. The third kappa shape index (κ3) is 9.04. The summed E-state index contributed by atoms with van der Waals surface area (Å²) < 4.78 is 80.6. The van der Waals surface area contributed by atoms with Gasteiger partial charge in [-0.3, -0.25) is 4.21 Å². The third-order valence-corrected chi connectivity index (χ3v) is 9.41. The molecule has 0 amide bonds. The third-order valence-electron chi connectivity index (χ3n) is 7.92. The van der Waals surface area contributed by atoms with Gasteiger partial charge in [0.25, 0.3) is 0 Å². The maximum Gasteiger partial charge on any atom is 0.453 e. The molecule has 0 radical (unpaired) electrons. The molecule has 1 aliphatic heterocycles. The smallest absolute Gasteiger partial charge is 0.453 e. The number of aromatic hydroxyl groups is 2. The van der Waals surface area contributed by atoms with Crippen LogP contribution in [0, 0.1) is 0 Å². The highest BCUT2D eigenvalue weighted by Crippen LogP contribution is 2.49. The molecule has 0 fully saturated rings. The van der Waals surface area contributed by atoms with Crippen molar-refractivity contribution in [2.24, 2.45) is 0 Å². The van der Waals surface area contributed by atoms with E-state index in [-0.39, 0.29) is 28.6 Å². The Morgan fingerprint density at radius 2 is 1.56 bits per heavy atom. The summed E-state index contributed by atoms with van der Waals surface area (Å²) in [6, 6.07) is 12.5. The van der Waals surface area contributed by atoms with Crippen LogP contribution in [0.3, 0.4) is 0 Å². The Morgan fingerprint density at radius 3 is 2.24 bits per heavy atom. The van der Waals surface area contributed by atoms with Gasteiger partial charge in [0.1, 0.15) is 17.2 Å². The first-order valence-electron chi connectivity index (χ1n) is 14.0. The zero-order valence-electron chi connectivity index (χ0n) is 23.6. The molecule has 0 saturated carbocycles. The van der Waals surface area contributed by atoms with E-state index in [0.29, 0.717) is 24.5 Å². The summed E-state index contributed by atoms with van der Waals surface area (Å²) in [5.74, 6) is -3.40. The Balaban J connectivity index is 1.42. The molecule has 2 aromatic rings. The van der Waals surface area contributed by atoms with Crippen molar-refractivity contribution in [2.45, 2.75) is 75.3 Å². The molecule has 1 aliphatic rings. The van der Waals surface area contributed by atoms with E-state index in [1.54, 1.807) is 24.3 Å². The molecule has 0 aromatic heterocycles. The second-order valence-corrected chi connectivity index (χ2v) is 12.9. The second-order valence-electron chi connectivity index (χ2n) is 11.2. The summed E-state index contributed by atoms with van der Waals surface area (Å²) in [4.78, 5) is 2.23. The molecule has 5 nitrogen and oxygen atoms in total. The molecule has 2 N–H and O–H groups in total. The van der Waals surface area contributed by atoms with E-state index in [0.717, 1.165) is 49.9 Å². The molecule has 0 bridgehead atoms. The lowest BCUT2D eigenvalue weighted by Gasteiger charge is -2.43. The lowest BCUT2D eigenvalue weighted by Crippen LogP contribution is -2.40. The predicted molar refractivity (Wildman–Crippen MR) is 150 cm³/mol. The molecule has 3 unspecified atom stereocenters. The SMILES string of the molecule is CN(CCCCCS(=O)CCCC(F)(F)C(F)(F)F)CCCC1c2ccc(O)cc2OCC1(C)c1ccc(O)cc1. The highest BCUT2D eigenvalue weighted by molar-refractivity contribution is 7.84. The van der Waals surface area contributed by atoms with Crippen LogP contribution in [0.1, 0.15) is 68.9 Å². The van der Waals surface area contributed by atoms with Crippen LogP contribution >= 0.6 is 0 Å². The fraction of sp³-hybridized carbons (Fsp3) is 0.600. The number of unbranched alkanes of at least 4 members (excludes halogenated alkanes) is 2. The molecule has 0 saturated heterocycles. The molecular formula is C30H40F5NO4S. The van der Waals surface area contributed by atoms with Crippen LogP contribution in [-0.2, 0) is 16.2 Å². The zero-order chi connectivity index (χ0) is 30.3. The number of alkyl halides is 5.